The maximum Gasteiger partial charge on any atom is 0.235 e. The van der Waals surface area contributed by atoms with E-state index in [0.29, 0.717) is 11.8 Å². The molecule has 132 valence electrons. The Balaban J connectivity index is 1.62. The maximum absolute atomic E-state index is 10.2. The second-order valence-electron chi connectivity index (χ2n) is 7.07. The third kappa shape index (κ3) is 2.94. The van der Waals surface area contributed by atoms with E-state index in [1.807, 2.05) is 18.2 Å². The average molecular weight is 345 g/mol. The van der Waals surface area contributed by atoms with Crippen molar-refractivity contribution in [1.29, 1.82) is 0 Å². The molecule has 3 nitrogen and oxygen atoms in total. The Morgan fingerprint density at radius 1 is 0.885 bits per heavy atom. The molecule has 0 amide bonds. The molecule has 1 aliphatic rings. The van der Waals surface area contributed by atoms with Crippen LogP contribution in [0.1, 0.15) is 37.1 Å². The monoisotopic (exact) mass is 345 g/mol. The van der Waals surface area contributed by atoms with Gasteiger partial charge in [0.1, 0.15) is 30.9 Å². The number of phenolic OH excluding ortho intramolecular Hbond substituents is 1. The number of hydrogen-bond acceptors (Lipinski definition) is 2. The van der Waals surface area contributed by atoms with E-state index < -0.39 is 0 Å². The normalized spacial score (nSPS) is 16.5. The molecule has 2 atom stereocenters. The van der Waals surface area contributed by atoms with Crippen LogP contribution in [0.25, 0.3) is 10.8 Å². The van der Waals surface area contributed by atoms with Gasteiger partial charge < -0.3 is 5.11 Å². The third-order valence-corrected chi connectivity index (χ3v) is 5.57. The molecule has 1 heterocycles. The molecule has 0 fully saturated rings. The molecule has 3 heteroatoms. The zero-order valence-electron chi connectivity index (χ0n) is 15.3. The number of aromatic hydroxyl groups is 1. The minimum Gasteiger partial charge on any atom is -0.508 e. The number of phenols is 1. The van der Waals surface area contributed by atoms with Gasteiger partial charge in [0.2, 0.25) is 6.34 Å². The van der Waals surface area contributed by atoms with E-state index in [0.717, 1.165) is 18.7 Å². The van der Waals surface area contributed by atoms with E-state index in [1.54, 1.807) is 6.07 Å². The van der Waals surface area contributed by atoms with Crippen molar-refractivity contribution in [1.82, 2.24) is 4.90 Å². The molecular formula is C23H25N2O+. The summed E-state index contributed by atoms with van der Waals surface area (Å²) in [6.07, 6.45) is 2.23. The second-order valence-corrected chi connectivity index (χ2v) is 7.07. The van der Waals surface area contributed by atoms with Crippen LogP contribution in [0.2, 0.25) is 0 Å². The zero-order valence-corrected chi connectivity index (χ0v) is 15.3. The molecule has 0 bridgehead atoms. The number of rotatable bonds is 4. The van der Waals surface area contributed by atoms with Gasteiger partial charge in [0, 0.05) is 11.1 Å². The summed E-state index contributed by atoms with van der Waals surface area (Å²) >= 11 is 0. The Morgan fingerprint density at radius 2 is 1.58 bits per heavy atom. The molecule has 1 N–H and O–H groups in total. The number of nitrogens with zero attached hydrogens (tertiary/aromatic N) is 2. The van der Waals surface area contributed by atoms with Crippen LogP contribution < -0.4 is 0 Å². The van der Waals surface area contributed by atoms with Crippen molar-refractivity contribution in [3.63, 3.8) is 0 Å². The van der Waals surface area contributed by atoms with Gasteiger partial charge >= 0.3 is 0 Å². The average Bonchev–Trinajstić information content (AvgIpc) is 3.17. The van der Waals surface area contributed by atoms with Crippen molar-refractivity contribution in [3.8, 4) is 5.75 Å². The van der Waals surface area contributed by atoms with Gasteiger partial charge in [-0.3, -0.25) is 9.48 Å². The lowest BCUT2D eigenvalue weighted by Gasteiger charge is -2.18. The molecular weight excluding hydrogens is 320 g/mol. The Morgan fingerprint density at radius 3 is 2.42 bits per heavy atom. The molecule has 0 unspecified atom stereocenters. The van der Waals surface area contributed by atoms with Gasteiger partial charge in [0.25, 0.3) is 0 Å². The summed E-state index contributed by atoms with van der Waals surface area (Å²) in [7, 11) is 0. The van der Waals surface area contributed by atoms with Gasteiger partial charge in [-0.25, -0.2) is 0 Å². The fourth-order valence-corrected chi connectivity index (χ4v) is 3.94. The predicted molar refractivity (Wildman–Crippen MR) is 107 cm³/mol. The Bertz CT molecular complexity index is 958. The highest BCUT2D eigenvalue weighted by Gasteiger charge is 2.30. The summed E-state index contributed by atoms with van der Waals surface area (Å²) in [4.78, 5) is 2.40. The number of para-hydroxylation sites is 1. The van der Waals surface area contributed by atoms with Crippen LogP contribution in [-0.2, 0) is 0 Å². The molecule has 3 aromatic rings. The van der Waals surface area contributed by atoms with Gasteiger partial charge in [-0.2, -0.15) is 0 Å². The van der Waals surface area contributed by atoms with E-state index >= 15 is 0 Å². The fourth-order valence-electron chi connectivity index (χ4n) is 3.94. The molecule has 1 aliphatic heterocycles. The molecule has 26 heavy (non-hydrogen) atoms. The van der Waals surface area contributed by atoms with Crippen molar-refractivity contribution in [3.05, 3.63) is 77.9 Å². The zero-order chi connectivity index (χ0) is 18.1. The first-order valence-corrected chi connectivity index (χ1v) is 9.27. The van der Waals surface area contributed by atoms with Crippen molar-refractivity contribution < 1.29 is 9.68 Å². The lowest BCUT2D eigenvalue weighted by Crippen LogP contribution is -2.23. The Labute approximate surface area is 154 Å². The van der Waals surface area contributed by atoms with Gasteiger partial charge in [-0.1, -0.05) is 60.7 Å². The molecule has 0 radical (unpaired) electrons. The molecule has 3 aromatic carbocycles. The minimum atomic E-state index is 0.154. The SMILES string of the molecule is C[C@H](c1cccc2ccccc12)N1C=[N+]([C@H](C)c2ccccc2O)CC1. The lowest BCUT2D eigenvalue weighted by molar-refractivity contribution is -0.555. The van der Waals surface area contributed by atoms with Crippen LogP contribution in [0.15, 0.2) is 66.7 Å². The molecule has 0 saturated heterocycles. The van der Waals surface area contributed by atoms with E-state index in [-0.39, 0.29) is 6.04 Å². The summed E-state index contributed by atoms with van der Waals surface area (Å²) in [5, 5.41) is 12.8. The van der Waals surface area contributed by atoms with Crippen LogP contribution in [0.5, 0.6) is 5.75 Å². The number of hydrogen-bond donors (Lipinski definition) is 1. The predicted octanol–water partition coefficient (Wildman–Crippen LogP) is 4.72. The van der Waals surface area contributed by atoms with Crippen LogP contribution in [-0.4, -0.2) is 34.0 Å². The Hall–Kier alpha value is -2.81. The van der Waals surface area contributed by atoms with Crippen molar-refractivity contribution in [2.75, 3.05) is 13.1 Å². The van der Waals surface area contributed by atoms with Crippen LogP contribution in [0.3, 0.4) is 0 Å². The second kappa shape index (κ2) is 6.83. The number of benzene rings is 3. The highest BCUT2D eigenvalue weighted by atomic mass is 16.3. The summed E-state index contributed by atoms with van der Waals surface area (Å²) in [6.45, 7) is 6.37. The van der Waals surface area contributed by atoms with Crippen molar-refractivity contribution in [2.45, 2.75) is 25.9 Å². The van der Waals surface area contributed by atoms with Crippen molar-refractivity contribution >= 4 is 17.1 Å². The minimum absolute atomic E-state index is 0.154. The van der Waals surface area contributed by atoms with Crippen LogP contribution in [0, 0.1) is 0 Å². The first kappa shape index (κ1) is 16.6. The van der Waals surface area contributed by atoms with Gasteiger partial charge in [0.05, 0.1) is 0 Å². The molecule has 0 spiro atoms. The maximum atomic E-state index is 10.2. The fraction of sp³-hybridized carbons (Fsp3) is 0.261. The van der Waals surface area contributed by atoms with E-state index in [9.17, 15) is 5.11 Å². The smallest absolute Gasteiger partial charge is 0.235 e. The number of fused-ring (bicyclic) bond motifs is 1. The summed E-state index contributed by atoms with van der Waals surface area (Å²) in [5.74, 6) is 0.369. The summed E-state index contributed by atoms with van der Waals surface area (Å²) < 4.78 is 2.32. The van der Waals surface area contributed by atoms with Gasteiger partial charge in [0.15, 0.2) is 0 Å². The third-order valence-electron chi connectivity index (χ3n) is 5.57. The van der Waals surface area contributed by atoms with Crippen molar-refractivity contribution in [2.24, 2.45) is 0 Å². The van der Waals surface area contributed by atoms with Gasteiger partial charge in [-0.15, -0.1) is 0 Å². The van der Waals surface area contributed by atoms with Gasteiger partial charge in [-0.05, 0) is 30.7 Å². The largest absolute Gasteiger partial charge is 0.508 e. The topological polar surface area (TPSA) is 26.5 Å². The quantitative estimate of drug-likeness (QED) is 0.692. The molecule has 0 saturated carbocycles. The summed E-state index contributed by atoms with van der Waals surface area (Å²) in [6, 6.07) is 23.2. The van der Waals surface area contributed by atoms with E-state index in [1.165, 1.54) is 16.3 Å². The van der Waals surface area contributed by atoms with E-state index in [2.05, 4.69) is 72.1 Å². The standard InChI is InChI=1S/C23H24N2O/c1-17(20-12-7-9-19-8-3-4-11-22(19)20)24-14-15-25(16-24)18(2)21-10-5-6-13-23(21)26/h3-13,16-18H,14-15H2,1-2H3/p+1/t17-,18-/m1/s1. The van der Waals surface area contributed by atoms with E-state index in [4.69, 9.17) is 0 Å². The first-order valence-electron chi connectivity index (χ1n) is 9.27. The van der Waals surface area contributed by atoms with Crippen LogP contribution in [0.4, 0.5) is 0 Å². The van der Waals surface area contributed by atoms with Crippen LogP contribution >= 0.6 is 0 Å². The first-order chi connectivity index (χ1) is 12.6. The summed E-state index contributed by atoms with van der Waals surface area (Å²) in [5.41, 5.74) is 2.33. The highest BCUT2D eigenvalue weighted by molar-refractivity contribution is 5.86. The molecule has 0 aromatic heterocycles. The lowest BCUT2D eigenvalue weighted by atomic mass is 9.99. The molecule has 4 rings (SSSR count). The highest BCUT2D eigenvalue weighted by Crippen LogP contribution is 2.30. The Kier molecular flexibility index (Phi) is 4.37. The molecule has 0 aliphatic carbocycles.